The van der Waals surface area contributed by atoms with E-state index in [-0.39, 0.29) is 0 Å². The van der Waals surface area contributed by atoms with Gasteiger partial charge in [0.25, 0.3) is 0 Å². The predicted molar refractivity (Wildman–Crippen MR) is 184 cm³/mol. The van der Waals surface area contributed by atoms with Crippen molar-refractivity contribution >= 4 is 23.8 Å². The monoisotopic (exact) mass is 580 g/mol. The highest BCUT2D eigenvalue weighted by Crippen LogP contribution is 2.39. The Labute approximate surface area is 256 Å². The van der Waals surface area contributed by atoms with Crippen molar-refractivity contribution in [3.8, 4) is 16.9 Å². The second-order valence-electron chi connectivity index (χ2n) is 12.4. The highest BCUT2D eigenvalue weighted by Gasteiger charge is 2.22. The van der Waals surface area contributed by atoms with Gasteiger partial charge in [0.05, 0.1) is 0 Å². The Morgan fingerprint density at radius 2 is 0.881 bits per heavy atom. The van der Waals surface area contributed by atoms with Gasteiger partial charge in [-0.05, 0) is 102 Å². The van der Waals surface area contributed by atoms with Crippen LogP contribution >= 0.6 is 7.92 Å². The van der Waals surface area contributed by atoms with Crippen LogP contribution in [0.3, 0.4) is 0 Å². The van der Waals surface area contributed by atoms with Crippen molar-refractivity contribution in [3.05, 3.63) is 108 Å². The molecule has 0 atom stereocenters. The molecule has 0 fully saturated rings. The van der Waals surface area contributed by atoms with E-state index in [1.807, 2.05) is 18.2 Å². The fraction of sp³-hybridized carbons (Fsp3) is 0.368. The summed E-state index contributed by atoms with van der Waals surface area (Å²) in [6.45, 7) is 20.1. The first-order chi connectivity index (χ1) is 20.1. The van der Waals surface area contributed by atoms with Gasteiger partial charge in [-0.2, -0.15) is 0 Å². The Morgan fingerprint density at radius 1 is 0.500 bits per heavy atom. The molecule has 0 aliphatic heterocycles. The highest BCUT2D eigenvalue weighted by molar-refractivity contribution is 7.80. The third kappa shape index (κ3) is 7.70. The standard InChI is InChI=1S/C38H49N2OP/c1-27(2)39(28(3)4)25-31-17-21-33(22-18-31)42(34-23-19-32(20-24-34)26-40(29(5)6)30(7)8)38-16-12-10-14-36(38)35-13-9-11-15-37(35)41/h9-24,27-30,41H,25-26H2,1-8H3. The first-order valence-corrected chi connectivity index (χ1v) is 16.8. The molecule has 0 spiro atoms. The number of phenols is 1. The van der Waals surface area contributed by atoms with Crippen LogP contribution < -0.4 is 15.9 Å². The summed E-state index contributed by atoms with van der Waals surface area (Å²) in [6.07, 6.45) is 0. The molecule has 4 aromatic rings. The van der Waals surface area contributed by atoms with Crippen LogP contribution in [0.15, 0.2) is 97.1 Å². The van der Waals surface area contributed by atoms with Gasteiger partial charge in [-0.15, -0.1) is 0 Å². The van der Waals surface area contributed by atoms with Gasteiger partial charge in [-0.1, -0.05) is 91.0 Å². The van der Waals surface area contributed by atoms with Crippen molar-refractivity contribution in [2.45, 2.75) is 92.6 Å². The topological polar surface area (TPSA) is 26.7 Å². The number of hydrogen-bond donors (Lipinski definition) is 1. The van der Waals surface area contributed by atoms with Crippen LogP contribution in [0, 0.1) is 0 Å². The zero-order chi connectivity index (χ0) is 30.4. The molecular formula is C38H49N2OP. The van der Waals surface area contributed by atoms with E-state index in [4.69, 9.17) is 0 Å². The van der Waals surface area contributed by atoms with Gasteiger partial charge in [0.1, 0.15) is 5.75 Å². The van der Waals surface area contributed by atoms with Gasteiger partial charge in [0, 0.05) is 42.8 Å². The molecule has 4 rings (SSSR count). The fourth-order valence-electron chi connectivity index (χ4n) is 5.87. The minimum atomic E-state index is -0.856. The highest BCUT2D eigenvalue weighted by atomic mass is 31.1. The normalized spacial score (nSPS) is 12.2. The third-order valence-corrected chi connectivity index (χ3v) is 10.6. The maximum Gasteiger partial charge on any atom is 0.123 e. The molecular weight excluding hydrogens is 531 g/mol. The lowest BCUT2D eigenvalue weighted by Crippen LogP contribution is -2.36. The van der Waals surface area contributed by atoms with E-state index in [2.05, 4.69) is 138 Å². The number of hydrogen-bond acceptors (Lipinski definition) is 3. The Balaban J connectivity index is 1.77. The summed E-state index contributed by atoms with van der Waals surface area (Å²) in [5.74, 6) is 0.315. The summed E-state index contributed by atoms with van der Waals surface area (Å²) in [7, 11) is -0.856. The van der Waals surface area contributed by atoms with Crippen molar-refractivity contribution in [1.29, 1.82) is 0 Å². The van der Waals surface area contributed by atoms with Crippen molar-refractivity contribution in [1.82, 2.24) is 9.80 Å². The van der Waals surface area contributed by atoms with Crippen LogP contribution in [0.4, 0.5) is 0 Å². The maximum absolute atomic E-state index is 10.8. The number of rotatable bonds is 12. The predicted octanol–water partition coefficient (Wildman–Crippen LogP) is 8.06. The molecule has 0 heterocycles. The van der Waals surface area contributed by atoms with Crippen LogP contribution in [0.5, 0.6) is 5.75 Å². The van der Waals surface area contributed by atoms with Gasteiger partial charge in [-0.25, -0.2) is 0 Å². The second kappa shape index (κ2) is 14.5. The molecule has 1 N–H and O–H groups in total. The smallest absolute Gasteiger partial charge is 0.123 e. The van der Waals surface area contributed by atoms with Crippen LogP contribution in [-0.4, -0.2) is 39.1 Å². The Bertz CT molecular complexity index is 1330. The minimum Gasteiger partial charge on any atom is -0.507 e. The van der Waals surface area contributed by atoms with Crippen LogP contribution in [0.1, 0.15) is 66.5 Å². The van der Waals surface area contributed by atoms with Crippen LogP contribution in [0.25, 0.3) is 11.1 Å². The molecule has 0 saturated heterocycles. The quantitative estimate of drug-likeness (QED) is 0.172. The first-order valence-electron chi connectivity index (χ1n) is 15.4. The fourth-order valence-corrected chi connectivity index (χ4v) is 8.29. The average Bonchev–Trinajstić information content (AvgIpc) is 2.96. The van der Waals surface area contributed by atoms with Gasteiger partial charge in [-0.3, -0.25) is 9.80 Å². The maximum atomic E-state index is 10.8. The number of para-hydroxylation sites is 1. The van der Waals surface area contributed by atoms with Crippen molar-refractivity contribution < 1.29 is 5.11 Å². The second-order valence-corrected chi connectivity index (χ2v) is 14.6. The molecule has 0 aromatic heterocycles. The molecule has 0 bridgehead atoms. The largest absolute Gasteiger partial charge is 0.507 e. The van der Waals surface area contributed by atoms with E-state index < -0.39 is 7.92 Å². The summed E-state index contributed by atoms with van der Waals surface area (Å²) >= 11 is 0. The van der Waals surface area contributed by atoms with Gasteiger partial charge >= 0.3 is 0 Å². The molecule has 0 aliphatic rings. The summed E-state index contributed by atoms with van der Waals surface area (Å²) in [5.41, 5.74) is 4.64. The van der Waals surface area contributed by atoms with Crippen molar-refractivity contribution in [2.24, 2.45) is 0 Å². The van der Waals surface area contributed by atoms with E-state index in [0.717, 1.165) is 24.2 Å². The average molecular weight is 581 g/mol. The molecule has 4 aromatic carbocycles. The van der Waals surface area contributed by atoms with Gasteiger partial charge in [0.2, 0.25) is 0 Å². The van der Waals surface area contributed by atoms with Crippen LogP contribution in [-0.2, 0) is 13.1 Å². The SMILES string of the molecule is CC(C)N(Cc1ccc(P(c2ccc(CN(C(C)C)C(C)C)cc2)c2ccccc2-c2ccccc2O)cc1)C(C)C. The summed E-state index contributed by atoms with van der Waals surface area (Å²) in [6, 6.07) is 36.8. The first kappa shape index (κ1) is 32.0. The van der Waals surface area contributed by atoms with E-state index in [0.29, 0.717) is 29.9 Å². The molecule has 3 nitrogen and oxygen atoms in total. The van der Waals surface area contributed by atoms with Gasteiger partial charge < -0.3 is 5.11 Å². The number of nitrogens with zero attached hydrogens (tertiary/aromatic N) is 2. The lowest BCUT2D eigenvalue weighted by Gasteiger charge is -2.31. The molecule has 0 amide bonds. The number of aromatic hydroxyl groups is 1. The summed E-state index contributed by atoms with van der Waals surface area (Å²) < 4.78 is 0. The van der Waals surface area contributed by atoms with Crippen molar-refractivity contribution in [2.75, 3.05) is 0 Å². The molecule has 0 aliphatic carbocycles. The van der Waals surface area contributed by atoms with Crippen molar-refractivity contribution in [3.63, 3.8) is 0 Å². The minimum absolute atomic E-state index is 0.315. The number of phenolic OH excluding ortho intramolecular Hbond substituents is 1. The molecule has 42 heavy (non-hydrogen) atoms. The molecule has 0 radical (unpaired) electrons. The lowest BCUT2D eigenvalue weighted by atomic mass is 10.0. The van der Waals surface area contributed by atoms with Crippen LogP contribution in [0.2, 0.25) is 0 Å². The van der Waals surface area contributed by atoms with E-state index in [9.17, 15) is 5.11 Å². The Hall–Kier alpha value is -2.97. The molecule has 222 valence electrons. The third-order valence-electron chi connectivity index (χ3n) is 8.11. The summed E-state index contributed by atoms with van der Waals surface area (Å²) in [4.78, 5) is 5.06. The zero-order valence-electron chi connectivity index (χ0n) is 26.8. The van der Waals surface area contributed by atoms with Gasteiger partial charge in [0.15, 0.2) is 0 Å². The van der Waals surface area contributed by atoms with E-state index in [1.54, 1.807) is 6.07 Å². The lowest BCUT2D eigenvalue weighted by molar-refractivity contribution is 0.166. The van der Waals surface area contributed by atoms with E-state index in [1.165, 1.54) is 27.0 Å². The zero-order valence-corrected chi connectivity index (χ0v) is 27.6. The summed E-state index contributed by atoms with van der Waals surface area (Å²) in [5, 5.41) is 14.7. The molecule has 4 heteroatoms. The molecule has 0 unspecified atom stereocenters. The Morgan fingerprint density at radius 3 is 1.29 bits per heavy atom. The Kier molecular flexibility index (Phi) is 11.0. The van der Waals surface area contributed by atoms with E-state index >= 15 is 0 Å². The number of benzene rings is 4. The molecule has 0 saturated carbocycles.